The van der Waals surface area contributed by atoms with Gasteiger partial charge in [0.05, 0.1) is 11.8 Å². The Morgan fingerprint density at radius 2 is 1.85 bits per heavy atom. The maximum absolute atomic E-state index is 12.4. The Bertz CT molecular complexity index is 1040. The molecule has 3 rings (SSSR count). The first kappa shape index (κ1) is 17.6. The van der Waals surface area contributed by atoms with Gasteiger partial charge < -0.3 is 4.98 Å². The summed E-state index contributed by atoms with van der Waals surface area (Å²) in [6, 6.07) is 10.1. The van der Waals surface area contributed by atoms with Crippen LogP contribution in [0.5, 0.6) is 0 Å². The molecule has 0 bridgehead atoms. The topological polar surface area (TPSA) is 104 Å². The van der Waals surface area contributed by atoms with Gasteiger partial charge in [0.15, 0.2) is 0 Å². The fraction of sp³-hybridized carbons (Fsp3) is 0.111. The Labute approximate surface area is 153 Å². The van der Waals surface area contributed by atoms with Crippen LogP contribution in [-0.4, -0.2) is 21.8 Å². The van der Waals surface area contributed by atoms with Gasteiger partial charge in [0, 0.05) is 16.9 Å². The summed E-state index contributed by atoms with van der Waals surface area (Å²) in [4.78, 5) is 43.5. The predicted molar refractivity (Wildman–Crippen MR) is 97.9 cm³/mol. The van der Waals surface area contributed by atoms with Gasteiger partial charge in [-0.25, -0.2) is 4.98 Å². The van der Waals surface area contributed by atoms with Crippen molar-refractivity contribution in [3.05, 3.63) is 74.7 Å². The van der Waals surface area contributed by atoms with Gasteiger partial charge in [-0.3, -0.25) is 25.2 Å². The number of aromatic nitrogens is 2. The highest BCUT2D eigenvalue weighted by Crippen LogP contribution is 2.10. The zero-order valence-corrected chi connectivity index (χ0v) is 14.6. The molecule has 0 unspecified atom stereocenters. The molecule has 0 aliphatic carbocycles. The smallest absolute Gasteiger partial charge is 0.275 e. The fourth-order valence-electron chi connectivity index (χ4n) is 2.40. The summed E-state index contributed by atoms with van der Waals surface area (Å²) < 4.78 is 0. The molecule has 0 aliphatic heterocycles. The number of H-pyrrole nitrogens is 1. The third kappa shape index (κ3) is 3.89. The first-order chi connectivity index (χ1) is 12.4. The Balaban J connectivity index is 1.68. The van der Waals surface area contributed by atoms with Gasteiger partial charge in [-0.2, -0.15) is 0 Å². The van der Waals surface area contributed by atoms with Crippen LogP contribution in [0.25, 0.3) is 11.0 Å². The molecular formula is C18H15ClN4O3. The molecule has 7 nitrogen and oxygen atoms in total. The second-order valence-corrected chi connectivity index (χ2v) is 6.12. The van der Waals surface area contributed by atoms with Crippen molar-refractivity contribution in [1.29, 1.82) is 0 Å². The Kier molecular flexibility index (Phi) is 4.99. The minimum absolute atomic E-state index is 0.0642. The summed E-state index contributed by atoms with van der Waals surface area (Å²) in [6.07, 6.45) is 1.34. The molecular weight excluding hydrogens is 356 g/mol. The van der Waals surface area contributed by atoms with Crippen LogP contribution in [0.4, 0.5) is 0 Å². The molecule has 0 aliphatic rings. The van der Waals surface area contributed by atoms with Crippen LogP contribution < -0.4 is 16.3 Å². The molecule has 3 aromatic rings. The van der Waals surface area contributed by atoms with Crippen molar-refractivity contribution in [2.75, 3.05) is 0 Å². The summed E-state index contributed by atoms with van der Waals surface area (Å²) >= 11 is 5.79. The van der Waals surface area contributed by atoms with Crippen molar-refractivity contribution in [2.24, 2.45) is 0 Å². The van der Waals surface area contributed by atoms with Gasteiger partial charge in [-0.05, 0) is 36.8 Å². The van der Waals surface area contributed by atoms with Crippen LogP contribution >= 0.6 is 11.6 Å². The van der Waals surface area contributed by atoms with E-state index in [9.17, 15) is 14.4 Å². The lowest BCUT2D eigenvalue weighted by atomic mass is 10.1. The lowest BCUT2D eigenvalue weighted by Crippen LogP contribution is -2.43. The fourth-order valence-corrected chi connectivity index (χ4v) is 2.52. The van der Waals surface area contributed by atoms with Gasteiger partial charge >= 0.3 is 0 Å². The second-order valence-electron chi connectivity index (χ2n) is 5.69. The van der Waals surface area contributed by atoms with E-state index in [0.717, 1.165) is 11.3 Å². The molecule has 3 N–H and O–H groups in total. The van der Waals surface area contributed by atoms with Gasteiger partial charge in [-0.1, -0.05) is 23.7 Å². The number of amides is 2. The summed E-state index contributed by atoms with van der Waals surface area (Å²) in [5.41, 5.74) is 5.85. The van der Waals surface area contributed by atoms with E-state index in [0.29, 0.717) is 16.1 Å². The zero-order chi connectivity index (χ0) is 18.7. The van der Waals surface area contributed by atoms with Gasteiger partial charge in [0.25, 0.3) is 5.91 Å². The number of benzene rings is 1. The largest absolute Gasteiger partial charge is 0.345 e. The van der Waals surface area contributed by atoms with Crippen molar-refractivity contribution in [1.82, 2.24) is 20.8 Å². The molecule has 2 amide bonds. The number of nitrogens with zero attached hydrogens (tertiary/aromatic N) is 1. The predicted octanol–water partition coefficient (Wildman–Crippen LogP) is 1.89. The first-order valence-electron chi connectivity index (χ1n) is 7.77. The molecule has 132 valence electrons. The SMILES string of the molecule is Cc1ccc2c(=O)c(C(=O)NNC(=O)Cc3ccc(Cl)cc3)c[nH]c2n1. The quantitative estimate of drug-likeness (QED) is 0.612. The number of halogens is 1. The zero-order valence-electron chi connectivity index (χ0n) is 13.8. The highest BCUT2D eigenvalue weighted by Gasteiger charge is 2.14. The molecule has 0 spiro atoms. The van der Waals surface area contributed by atoms with Gasteiger partial charge in [0.2, 0.25) is 11.3 Å². The molecule has 0 fully saturated rings. The van der Waals surface area contributed by atoms with Crippen LogP contribution in [0.3, 0.4) is 0 Å². The van der Waals surface area contributed by atoms with E-state index in [2.05, 4.69) is 20.8 Å². The Hall–Kier alpha value is -3.19. The number of fused-ring (bicyclic) bond motifs is 1. The highest BCUT2D eigenvalue weighted by atomic mass is 35.5. The van der Waals surface area contributed by atoms with E-state index in [1.807, 2.05) is 0 Å². The van der Waals surface area contributed by atoms with E-state index < -0.39 is 17.2 Å². The number of rotatable bonds is 3. The Morgan fingerprint density at radius 3 is 2.58 bits per heavy atom. The van der Waals surface area contributed by atoms with E-state index in [-0.39, 0.29) is 12.0 Å². The number of pyridine rings is 2. The van der Waals surface area contributed by atoms with Gasteiger partial charge in [0.1, 0.15) is 11.2 Å². The molecule has 0 saturated heterocycles. The number of hydrogen-bond acceptors (Lipinski definition) is 4. The molecule has 0 saturated carbocycles. The van der Waals surface area contributed by atoms with E-state index in [1.165, 1.54) is 6.20 Å². The van der Waals surface area contributed by atoms with Gasteiger partial charge in [-0.15, -0.1) is 0 Å². The number of hydrazine groups is 1. The lowest BCUT2D eigenvalue weighted by Gasteiger charge is -2.08. The number of carbonyl (C=O) groups excluding carboxylic acids is 2. The molecule has 1 aromatic carbocycles. The first-order valence-corrected chi connectivity index (χ1v) is 8.14. The monoisotopic (exact) mass is 370 g/mol. The summed E-state index contributed by atoms with van der Waals surface area (Å²) in [7, 11) is 0. The van der Waals surface area contributed by atoms with Crippen molar-refractivity contribution in [3.8, 4) is 0 Å². The molecule has 0 radical (unpaired) electrons. The molecule has 26 heavy (non-hydrogen) atoms. The third-order valence-electron chi connectivity index (χ3n) is 3.71. The maximum atomic E-state index is 12.4. The minimum Gasteiger partial charge on any atom is -0.345 e. The normalized spacial score (nSPS) is 10.5. The number of nitrogens with one attached hydrogen (secondary N) is 3. The average Bonchev–Trinajstić information content (AvgIpc) is 2.62. The van der Waals surface area contributed by atoms with E-state index in [4.69, 9.17) is 11.6 Å². The van der Waals surface area contributed by atoms with Crippen molar-refractivity contribution in [3.63, 3.8) is 0 Å². The summed E-state index contributed by atoms with van der Waals surface area (Å²) in [6.45, 7) is 1.80. The van der Waals surface area contributed by atoms with Crippen LogP contribution in [-0.2, 0) is 11.2 Å². The third-order valence-corrected chi connectivity index (χ3v) is 3.97. The summed E-state index contributed by atoms with van der Waals surface area (Å²) in [5, 5.41) is 0.874. The van der Waals surface area contributed by atoms with Crippen LogP contribution in [0.2, 0.25) is 5.02 Å². The van der Waals surface area contributed by atoms with Crippen LogP contribution in [0.1, 0.15) is 21.6 Å². The van der Waals surface area contributed by atoms with E-state index in [1.54, 1.807) is 43.3 Å². The Morgan fingerprint density at radius 1 is 1.12 bits per heavy atom. The molecule has 2 aromatic heterocycles. The lowest BCUT2D eigenvalue weighted by molar-refractivity contribution is -0.121. The van der Waals surface area contributed by atoms with Crippen LogP contribution in [0.15, 0.2) is 47.4 Å². The average molecular weight is 371 g/mol. The highest BCUT2D eigenvalue weighted by molar-refractivity contribution is 6.30. The summed E-state index contributed by atoms with van der Waals surface area (Å²) in [5.74, 6) is -1.13. The molecule has 8 heteroatoms. The van der Waals surface area contributed by atoms with Crippen LogP contribution in [0, 0.1) is 6.92 Å². The minimum atomic E-state index is -0.710. The van der Waals surface area contributed by atoms with Crippen molar-refractivity contribution < 1.29 is 9.59 Å². The standard InChI is InChI=1S/C18H15ClN4O3/c1-10-2-7-13-16(25)14(9-20-17(13)21-10)18(26)23-22-15(24)8-11-3-5-12(19)6-4-11/h2-7,9H,8H2,1H3,(H,22,24)(H,23,26)(H,20,21,25). The maximum Gasteiger partial charge on any atom is 0.275 e. The molecule has 0 atom stereocenters. The van der Waals surface area contributed by atoms with Crippen molar-refractivity contribution in [2.45, 2.75) is 13.3 Å². The van der Waals surface area contributed by atoms with Crippen molar-refractivity contribution >= 4 is 34.4 Å². The van der Waals surface area contributed by atoms with E-state index >= 15 is 0 Å². The molecule has 2 heterocycles. The number of aromatic amines is 1. The number of aryl methyl sites for hydroxylation is 1. The number of carbonyl (C=O) groups is 2. The second kappa shape index (κ2) is 7.37. The number of hydrogen-bond donors (Lipinski definition) is 3.